The van der Waals surface area contributed by atoms with Crippen molar-refractivity contribution in [2.24, 2.45) is 0 Å². The van der Waals surface area contributed by atoms with Crippen molar-refractivity contribution < 1.29 is 4.21 Å². The number of nitrogens with zero attached hydrogens (tertiary/aromatic N) is 4. The summed E-state index contributed by atoms with van der Waals surface area (Å²) >= 11 is 0. The summed E-state index contributed by atoms with van der Waals surface area (Å²) in [6, 6.07) is 7.94. The molecule has 0 amide bonds. The van der Waals surface area contributed by atoms with Crippen LogP contribution < -0.4 is 4.90 Å². The van der Waals surface area contributed by atoms with Gasteiger partial charge in [-0.2, -0.15) is 5.10 Å². The summed E-state index contributed by atoms with van der Waals surface area (Å²) in [5.41, 5.74) is 3.10. The van der Waals surface area contributed by atoms with Crippen molar-refractivity contribution in [1.29, 1.82) is 0 Å². The van der Waals surface area contributed by atoms with E-state index in [0.29, 0.717) is 5.95 Å². The number of benzene rings is 1. The zero-order valence-electron chi connectivity index (χ0n) is 14.4. The molecule has 0 spiro atoms. The van der Waals surface area contributed by atoms with Gasteiger partial charge < -0.3 is 4.90 Å². The molecule has 0 aliphatic carbocycles. The minimum Gasteiger partial charge on any atom is -0.336 e. The van der Waals surface area contributed by atoms with E-state index in [4.69, 9.17) is 0 Å². The second kappa shape index (κ2) is 7.64. The van der Waals surface area contributed by atoms with Crippen molar-refractivity contribution in [1.82, 2.24) is 15.2 Å². The molecule has 0 aliphatic heterocycles. The number of aromatic nitrogens is 3. The van der Waals surface area contributed by atoms with Crippen LogP contribution in [0.25, 0.3) is 0 Å². The van der Waals surface area contributed by atoms with Crippen LogP contribution in [0.15, 0.2) is 29.2 Å². The first-order chi connectivity index (χ1) is 11.0. The molecule has 0 N–H and O–H groups in total. The van der Waals surface area contributed by atoms with E-state index >= 15 is 0 Å². The van der Waals surface area contributed by atoms with Gasteiger partial charge in [-0.05, 0) is 37.5 Å². The monoisotopic (exact) mass is 332 g/mol. The molecular weight excluding hydrogens is 308 g/mol. The normalized spacial score (nSPS) is 13.6. The van der Waals surface area contributed by atoms with Crippen LogP contribution >= 0.6 is 0 Å². The minimum absolute atomic E-state index is 0.105. The smallest absolute Gasteiger partial charge is 0.245 e. The fourth-order valence-corrected chi connectivity index (χ4v) is 2.93. The van der Waals surface area contributed by atoms with E-state index in [1.54, 1.807) is 6.26 Å². The molecule has 0 bridgehead atoms. The van der Waals surface area contributed by atoms with Gasteiger partial charge in [0.2, 0.25) is 5.95 Å². The fraction of sp³-hybridized carbons (Fsp3) is 0.471. The van der Waals surface area contributed by atoms with Crippen molar-refractivity contribution in [3.63, 3.8) is 0 Å². The van der Waals surface area contributed by atoms with E-state index in [2.05, 4.69) is 36.0 Å². The molecule has 1 aromatic carbocycles. The maximum atomic E-state index is 11.5. The molecule has 124 valence electrons. The van der Waals surface area contributed by atoms with E-state index < -0.39 is 10.8 Å². The van der Waals surface area contributed by atoms with Gasteiger partial charge in [0, 0.05) is 29.0 Å². The quantitative estimate of drug-likeness (QED) is 0.814. The van der Waals surface area contributed by atoms with Crippen molar-refractivity contribution in [2.75, 3.05) is 18.2 Å². The van der Waals surface area contributed by atoms with E-state index in [1.807, 2.05) is 36.2 Å². The van der Waals surface area contributed by atoms with Gasteiger partial charge in [-0.1, -0.05) is 26.0 Å². The van der Waals surface area contributed by atoms with Gasteiger partial charge >= 0.3 is 0 Å². The molecular formula is C17H24N4OS. The third-order valence-corrected chi connectivity index (χ3v) is 5.02. The van der Waals surface area contributed by atoms with Crippen LogP contribution in [0, 0.1) is 0 Å². The molecule has 2 atom stereocenters. The maximum absolute atomic E-state index is 11.5. The summed E-state index contributed by atoms with van der Waals surface area (Å²) in [6.07, 6.45) is 3.38. The Labute approximate surface area is 140 Å². The molecule has 6 heteroatoms. The predicted molar refractivity (Wildman–Crippen MR) is 94.2 cm³/mol. The van der Waals surface area contributed by atoms with E-state index in [-0.39, 0.29) is 6.04 Å². The molecule has 1 heterocycles. The average Bonchev–Trinajstić information content (AvgIpc) is 2.59. The second-order valence-electron chi connectivity index (χ2n) is 5.52. The lowest BCUT2D eigenvalue weighted by Crippen LogP contribution is -2.25. The first-order valence-electron chi connectivity index (χ1n) is 7.86. The Morgan fingerprint density at radius 3 is 2.22 bits per heavy atom. The van der Waals surface area contributed by atoms with Crippen LogP contribution in [-0.4, -0.2) is 32.7 Å². The zero-order valence-corrected chi connectivity index (χ0v) is 15.2. The Hall–Kier alpha value is -1.82. The van der Waals surface area contributed by atoms with Gasteiger partial charge in [-0.25, -0.2) is 4.98 Å². The molecule has 2 aromatic rings. The minimum atomic E-state index is -0.954. The zero-order chi connectivity index (χ0) is 17.0. The molecule has 0 saturated carbocycles. The van der Waals surface area contributed by atoms with Crippen molar-refractivity contribution in [3.05, 3.63) is 41.2 Å². The lowest BCUT2D eigenvalue weighted by Gasteiger charge is -2.25. The topological polar surface area (TPSA) is 59.0 Å². The third-order valence-electron chi connectivity index (χ3n) is 4.09. The number of hydrogen-bond acceptors (Lipinski definition) is 5. The van der Waals surface area contributed by atoms with Gasteiger partial charge in [0.25, 0.3) is 0 Å². The van der Waals surface area contributed by atoms with E-state index in [1.165, 1.54) is 0 Å². The summed E-state index contributed by atoms with van der Waals surface area (Å²) in [5.74, 6) is 0.634. The van der Waals surface area contributed by atoms with Crippen molar-refractivity contribution in [3.8, 4) is 0 Å². The van der Waals surface area contributed by atoms with Crippen LogP contribution in [0.4, 0.5) is 5.95 Å². The molecule has 0 aliphatic rings. The summed E-state index contributed by atoms with van der Waals surface area (Å²) < 4.78 is 11.5. The molecule has 0 saturated heterocycles. The fourth-order valence-electron chi connectivity index (χ4n) is 2.41. The second-order valence-corrected chi connectivity index (χ2v) is 6.90. The van der Waals surface area contributed by atoms with Crippen LogP contribution in [0.2, 0.25) is 0 Å². The number of aryl methyl sites for hydroxylation is 2. The Morgan fingerprint density at radius 1 is 1.09 bits per heavy atom. The molecule has 2 unspecified atom stereocenters. The van der Waals surface area contributed by atoms with Gasteiger partial charge in [0.1, 0.15) is 0 Å². The van der Waals surface area contributed by atoms with E-state index in [0.717, 1.165) is 34.7 Å². The van der Waals surface area contributed by atoms with E-state index in [9.17, 15) is 4.21 Å². The van der Waals surface area contributed by atoms with Gasteiger partial charge in [0.15, 0.2) is 0 Å². The molecule has 23 heavy (non-hydrogen) atoms. The molecule has 5 nitrogen and oxygen atoms in total. The average molecular weight is 332 g/mol. The molecule has 2 rings (SSSR count). The Morgan fingerprint density at radius 2 is 1.70 bits per heavy atom. The van der Waals surface area contributed by atoms with Gasteiger partial charge in [-0.15, -0.1) is 5.10 Å². The maximum Gasteiger partial charge on any atom is 0.245 e. The molecule has 1 aromatic heterocycles. The van der Waals surface area contributed by atoms with Crippen LogP contribution in [0.1, 0.15) is 43.8 Å². The standard InChI is InChI=1S/C17H24N4OS/c1-6-15-16(7-2)19-20-17(18-15)21(4)12(3)13-8-10-14(11-9-13)23(5)22/h8-12H,6-7H2,1-5H3. The SMILES string of the molecule is CCc1nnc(N(C)C(C)c2ccc(S(C)=O)cc2)nc1CC. The summed E-state index contributed by atoms with van der Waals surface area (Å²) in [4.78, 5) is 7.51. The largest absolute Gasteiger partial charge is 0.336 e. The lowest BCUT2D eigenvalue weighted by molar-refractivity contribution is 0.684. The highest BCUT2D eigenvalue weighted by molar-refractivity contribution is 7.84. The summed E-state index contributed by atoms with van der Waals surface area (Å²) in [5, 5.41) is 8.57. The van der Waals surface area contributed by atoms with Crippen LogP contribution in [-0.2, 0) is 23.6 Å². The van der Waals surface area contributed by atoms with Crippen molar-refractivity contribution in [2.45, 2.75) is 44.6 Å². The summed E-state index contributed by atoms with van der Waals surface area (Å²) in [6.45, 7) is 6.25. The van der Waals surface area contributed by atoms with Crippen LogP contribution in [0.5, 0.6) is 0 Å². The first kappa shape index (κ1) is 17.5. The molecule has 0 radical (unpaired) electrons. The summed E-state index contributed by atoms with van der Waals surface area (Å²) in [7, 11) is 1.02. The third kappa shape index (κ3) is 3.93. The predicted octanol–water partition coefficient (Wildman–Crippen LogP) is 2.93. The Kier molecular flexibility index (Phi) is 5.82. The van der Waals surface area contributed by atoms with Gasteiger partial charge in [0.05, 0.1) is 17.4 Å². The number of hydrogen-bond donors (Lipinski definition) is 0. The number of anilines is 1. The highest BCUT2D eigenvalue weighted by Gasteiger charge is 2.17. The Bertz CT molecular complexity index is 687. The lowest BCUT2D eigenvalue weighted by atomic mass is 10.1. The highest BCUT2D eigenvalue weighted by atomic mass is 32.2. The highest BCUT2D eigenvalue weighted by Crippen LogP contribution is 2.23. The van der Waals surface area contributed by atoms with Crippen LogP contribution in [0.3, 0.4) is 0 Å². The first-order valence-corrected chi connectivity index (χ1v) is 9.42. The molecule has 0 fully saturated rings. The number of rotatable bonds is 6. The van der Waals surface area contributed by atoms with Gasteiger partial charge in [-0.3, -0.25) is 4.21 Å². The van der Waals surface area contributed by atoms with Crippen molar-refractivity contribution >= 4 is 16.7 Å². The Balaban J connectivity index is 2.25.